The van der Waals surface area contributed by atoms with E-state index in [0.717, 1.165) is 33.3 Å². The van der Waals surface area contributed by atoms with E-state index in [1.165, 1.54) is 44.1 Å². The number of rotatable bonds is 6. The highest BCUT2D eigenvalue weighted by Gasteiger charge is 2.45. The van der Waals surface area contributed by atoms with Crippen LogP contribution in [-0.2, 0) is 36.0 Å². The van der Waals surface area contributed by atoms with Crippen molar-refractivity contribution in [2.45, 2.75) is 30.1 Å². The number of benzene rings is 2. The molecule has 2 aromatic carbocycles. The van der Waals surface area contributed by atoms with E-state index in [0.29, 0.717) is 19.4 Å². The molecule has 0 radical (unpaired) electrons. The van der Waals surface area contributed by atoms with Crippen LogP contribution in [0.1, 0.15) is 23.1 Å². The van der Waals surface area contributed by atoms with Crippen molar-refractivity contribution in [3.8, 4) is 5.69 Å². The number of hydrogen-bond acceptors (Lipinski definition) is 5. The zero-order valence-corrected chi connectivity index (χ0v) is 23.3. The second-order valence-electron chi connectivity index (χ2n) is 10.6. The molecule has 0 amide bonds. The first-order chi connectivity index (χ1) is 19.1. The van der Waals surface area contributed by atoms with Crippen molar-refractivity contribution in [3.63, 3.8) is 0 Å². The maximum Gasteiger partial charge on any atom is 0.250 e. The predicted octanol–water partition coefficient (Wildman–Crippen LogP) is 3.48. The number of sulfonamides is 1. The van der Waals surface area contributed by atoms with Crippen LogP contribution in [0.3, 0.4) is 0 Å². The van der Waals surface area contributed by atoms with Gasteiger partial charge in [-0.15, -0.1) is 0 Å². The second kappa shape index (κ2) is 9.53. The number of fused-ring (bicyclic) bond motifs is 1. The van der Waals surface area contributed by atoms with Crippen molar-refractivity contribution in [2.24, 2.45) is 14.1 Å². The number of nitrogens with zero attached hydrogens (tertiary/aromatic N) is 6. The van der Waals surface area contributed by atoms with Gasteiger partial charge in [-0.25, -0.2) is 17.5 Å². The minimum Gasteiger partial charge on any atom is -0.316 e. The molecule has 40 heavy (non-hydrogen) atoms. The lowest BCUT2D eigenvalue weighted by Gasteiger charge is -2.32. The molecule has 11 heteroatoms. The van der Waals surface area contributed by atoms with Crippen LogP contribution < -0.4 is 5.56 Å². The SMILES string of the molecule is Cc1cc2c(cnn2-c2ccc(=O)n(C)c2)cc1C1(Cc2ccc(F)cc2)CCN(S(=O)(=O)c2cnn(C)c2)C1. The molecule has 0 spiro atoms. The third-order valence-corrected chi connectivity index (χ3v) is 9.69. The van der Waals surface area contributed by atoms with E-state index in [-0.39, 0.29) is 22.8 Å². The average molecular weight is 561 g/mol. The summed E-state index contributed by atoms with van der Waals surface area (Å²) in [4.78, 5) is 12.1. The third kappa shape index (κ3) is 4.44. The van der Waals surface area contributed by atoms with Gasteiger partial charge < -0.3 is 4.57 Å². The molecule has 0 N–H and O–H groups in total. The Labute approximate surface area is 231 Å². The average Bonchev–Trinajstić information content (AvgIpc) is 3.66. The summed E-state index contributed by atoms with van der Waals surface area (Å²) in [5.74, 6) is -0.312. The fourth-order valence-electron chi connectivity index (χ4n) is 5.83. The van der Waals surface area contributed by atoms with E-state index in [9.17, 15) is 17.6 Å². The van der Waals surface area contributed by atoms with Crippen LogP contribution in [-0.4, -0.2) is 49.9 Å². The minimum atomic E-state index is -3.75. The van der Waals surface area contributed by atoms with E-state index in [1.807, 2.05) is 6.92 Å². The molecule has 9 nitrogen and oxygen atoms in total. The molecule has 1 unspecified atom stereocenters. The summed E-state index contributed by atoms with van der Waals surface area (Å²) in [5.41, 5.74) is 3.98. The van der Waals surface area contributed by atoms with Crippen LogP contribution in [0.2, 0.25) is 0 Å². The van der Waals surface area contributed by atoms with Crippen LogP contribution in [0.4, 0.5) is 4.39 Å². The van der Waals surface area contributed by atoms with Crippen LogP contribution in [0.5, 0.6) is 0 Å². The standard InChI is InChI=1S/C29H29FN6O3S/c1-20-12-27-22(15-32-36(27)24-8-9-28(37)33(2)17-24)13-26(20)29(14-21-4-6-23(30)7-5-21)10-11-35(19-29)40(38,39)25-16-31-34(3)18-25/h4-9,12-13,15-18H,10-11,14,19H2,1-3H3. The minimum absolute atomic E-state index is 0.103. The summed E-state index contributed by atoms with van der Waals surface area (Å²) < 4.78 is 47.2. The van der Waals surface area contributed by atoms with Gasteiger partial charge in [0.05, 0.1) is 23.6 Å². The molecule has 1 aliphatic heterocycles. The van der Waals surface area contributed by atoms with Gasteiger partial charge in [0.15, 0.2) is 0 Å². The van der Waals surface area contributed by atoms with Gasteiger partial charge in [-0.3, -0.25) is 9.48 Å². The zero-order valence-electron chi connectivity index (χ0n) is 22.5. The lowest BCUT2D eigenvalue weighted by atomic mass is 9.73. The summed E-state index contributed by atoms with van der Waals surface area (Å²) in [5, 5.41) is 9.56. The largest absolute Gasteiger partial charge is 0.316 e. The van der Waals surface area contributed by atoms with Crippen LogP contribution in [0.25, 0.3) is 16.6 Å². The Morgan fingerprint density at radius 2 is 1.77 bits per heavy atom. The predicted molar refractivity (Wildman–Crippen MR) is 149 cm³/mol. The van der Waals surface area contributed by atoms with Gasteiger partial charge in [-0.2, -0.15) is 14.5 Å². The molecule has 0 aliphatic carbocycles. The smallest absolute Gasteiger partial charge is 0.250 e. The highest BCUT2D eigenvalue weighted by molar-refractivity contribution is 7.89. The van der Waals surface area contributed by atoms with E-state index in [1.54, 1.807) is 49.4 Å². The van der Waals surface area contributed by atoms with E-state index < -0.39 is 15.4 Å². The first-order valence-corrected chi connectivity index (χ1v) is 14.4. The van der Waals surface area contributed by atoms with Crippen molar-refractivity contribution in [1.29, 1.82) is 0 Å². The summed E-state index contributed by atoms with van der Waals surface area (Å²) >= 11 is 0. The van der Waals surface area contributed by atoms with Crippen LogP contribution >= 0.6 is 0 Å². The van der Waals surface area contributed by atoms with Crippen molar-refractivity contribution in [2.75, 3.05) is 13.1 Å². The highest BCUT2D eigenvalue weighted by atomic mass is 32.2. The Kier molecular flexibility index (Phi) is 6.23. The fraction of sp³-hybridized carbons (Fsp3) is 0.276. The molecular formula is C29H29FN6O3S. The second-order valence-corrected chi connectivity index (χ2v) is 12.6. The quantitative estimate of drug-likeness (QED) is 0.317. The van der Waals surface area contributed by atoms with Gasteiger partial charge in [-0.1, -0.05) is 12.1 Å². The van der Waals surface area contributed by atoms with Gasteiger partial charge in [-0.05, 0) is 66.8 Å². The molecule has 6 rings (SSSR count). The molecule has 1 atom stereocenters. The summed E-state index contributed by atoms with van der Waals surface area (Å²) in [6, 6.07) is 13.8. The number of pyridine rings is 1. The molecule has 4 heterocycles. The zero-order chi connectivity index (χ0) is 28.2. The maximum atomic E-state index is 13.7. The van der Waals surface area contributed by atoms with E-state index >= 15 is 0 Å². The monoisotopic (exact) mass is 560 g/mol. The van der Waals surface area contributed by atoms with Gasteiger partial charge in [0.1, 0.15) is 10.7 Å². The molecule has 0 saturated carbocycles. The molecule has 5 aromatic rings. The number of aryl methyl sites for hydroxylation is 3. The van der Waals surface area contributed by atoms with Gasteiger partial charge in [0.25, 0.3) is 0 Å². The van der Waals surface area contributed by atoms with E-state index in [4.69, 9.17) is 0 Å². The first kappa shape index (κ1) is 26.1. The molecule has 3 aromatic heterocycles. The molecule has 1 aliphatic rings. The summed E-state index contributed by atoms with van der Waals surface area (Å²) in [6.07, 6.45) is 7.57. The van der Waals surface area contributed by atoms with Crippen LogP contribution in [0.15, 0.2) is 83.0 Å². The van der Waals surface area contributed by atoms with Crippen molar-refractivity contribution < 1.29 is 12.8 Å². The number of halogens is 1. The topological polar surface area (TPSA) is 95.0 Å². The fourth-order valence-corrected chi connectivity index (χ4v) is 7.35. The lowest BCUT2D eigenvalue weighted by molar-refractivity contribution is 0.413. The van der Waals surface area contributed by atoms with Crippen molar-refractivity contribution in [3.05, 3.63) is 106 Å². The van der Waals surface area contributed by atoms with Crippen LogP contribution in [0, 0.1) is 12.7 Å². The Bertz CT molecular complexity index is 1910. The van der Waals surface area contributed by atoms with Gasteiger partial charge in [0, 0.05) is 56.4 Å². The molecule has 1 fully saturated rings. The lowest BCUT2D eigenvalue weighted by Crippen LogP contribution is -2.36. The molecular weight excluding hydrogens is 531 g/mol. The molecule has 0 bridgehead atoms. The first-order valence-electron chi connectivity index (χ1n) is 12.9. The normalized spacial score (nSPS) is 18.1. The highest BCUT2D eigenvalue weighted by Crippen LogP contribution is 2.42. The number of hydrogen-bond donors (Lipinski definition) is 0. The van der Waals surface area contributed by atoms with Gasteiger partial charge >= 0.3 is 0 Å². The Morgan fingerprint density at radius 1 is 1.00 bits per heavy atom. The summed E-state index contributed by atoms with van der Waals surface area (Å²) in [7, 11) is -0.355. The summed E-state index contributed by atoms with van der Waals surface area (Å²) in [6.45, 7) is 2.66. The Hall–Kier alpha value is -4.09. The van der Waals surface area contributed by atoms with Crippen molar-refractivity contribution >= 4 is 20.9 Å². The number of aromatic nitrogens is 5. The third-order valence-electron chi connectivity index (χ3n) is 7.89. The van der Waals surface area contributed by atoms with E-state index in [2.05, 4.69) is 22.3 Å². The Morgan fingerprint density at radius 3 is 2.48 bits per heavy atom. The Balaban J connectivity index is 1.45. The maximum absolute atomic E-state index is 13.7. The van der Waals surface area contributed by atoms with Crippen molar-refractivity contribution in [1.82, 2.24) is 28.4 Å². The van der Waals surface area contributed by atoms with Gasteiger partial charge in [0.2, 0.25) is 15.6 Å². The molecule has 206 valence electrons. The molecule has 1 saturated heterocycles.